The largest absolute Gasteiger partial charge is 0.291 e. The second-order valence-electron chi connectivity index (χ2n) is 1.35. The summed E-state index contributed by atoms with van der Waals surface area (Å²) in [5, 5.41) is 5.10. The molecule has 0 N–H and O–H groups in total. The zero-order chi connectivity index (χ0) is 6.69. The highest BCUT2D eigenvalue weighted by Crippen LogP contribution is 1.98. The Bertz CT molecular complexity index is 198. The third-order valence-electron chi connectivity index (χ3n) is 0.767. The highest BCUT2D eigenvalue weighted by atomic mass is 35.5. The fourth-order valence-electron chi connectivity index (χ4n) is 0.355. The number of halogens is 1. The maximum atomic E-state index is 10.6. The molecule has 0 aliphatic carbocycles. The van der Waals surface area contributed by atoms with Crippen LogP contribution in [-0.2, 0) is 0 Å². The third kappa shape index (κ3) is 1.46. The summed E-state index contributed by atoms with van der Waals surface area (Å²) < 4.78 is 3.50. The van der Waals surface area contributed by atoms with Gasteiger partial charge in [-0.25, -0.2) is 0 Å². The van der Waals surface area contributed by atoms with Gasteiger partial charge in [0.25, 0.3) is 0 Å². The summed E-state index contributed by atoms with van der Waals surface area (Å²) >= 11 is 6.37. The van der Waals surface area contributed by atoms with Gasteiger partial charge in [-0.15, -0.1) is 16.7 Å². The van der Waals surface area contributed by atoms with Crippen molar-refractivity contribution in [2.45, 2.75) is 0 Å². The van der Waals surface area contributed by atoms with Crippen LogP contribution in [0.3, 0.4) is 0 Å². The molecule has 0 radical (unpaired) electrons. The molecule has 0 amide bonds. The quantitative estimate of drug-likeness (QED) is 0.481. The number of carbonyl (C=O) groups is 1. The predicted octanol–water partition coefficient (Wildman–Crippen LogP) is 0.960. The van der Waals surface area contributed by atoms with Crippen molar-refractivity contribution in [1.29, 1.82) is 0 Å². The fourth-order valence-corrected chi connectivity index (χ4v) is 0.952. The van der Waals surface area contributed by atoms with Crippen molar-refractivity contribution in [2.24, 2.45) is 0 Å². The van der Waals surface area contributed by atoms with Gasteiger partial charge in [0.15, 0.2) is 5.78 Å². The third-order valence-corrected chi connectivity index (χ3v) is 1.51. The van der Waals surface area contributed by atoms with E-state index in [1.807, 2.05) is 0 Å². The molecule has 0 aromatic carbocycles. The molecule has 0 atom stereocenters. The summed E-state index contributed by atoms with van der Waals surface area (Å²) in [4.78, 5) is 10.6. The van der Waals surface area contributed by atoms with Crippen LogP contribution < -0.4 is 0 Å². The van der Waals surface area contributed by atoms with Gasteiger partial charge in [0.1, 0.15) is 5.69 Å². The van der Waals surface area contributed by atoms with Crippen LogP contribution in [0, 0.1) is 0 Å². The van der Waals surface area contributed by atoms with E-state index in [0.717, 1.165) is 11.5 Å². The molecule has 1 rings (SSSR count). The Labute approximate surface area is 60.8 Å². The SMILES string of the molecule is O=C(CCl)c1csnn1. The first kappa shape index (κ1) is 6.64. The molecule has 1 aromatic rings. The maximum Gasteiger partial charge on any atom is 0.198 e. The van der Waals surface area contributed by atoms with Crippen LogP contribution in [-0.4, -0.2) is 21.3 Å². The van der Waals surface area contributed by atoms with Crippen molar-refractivity contribution in [3.63, 3.8) is 0 Å². The highest BCUT2D eigenvalue weighted by Gasteiger charge is 2.05. The lowest BCUT2D eigenvalue weighted by atomic mass is 10.4. The summed E-state index contributed by atoms with van der Waals surface area (Å²) in [5.74, 6) is -0.198. The molecule has 9 heavy (non-hydrogen) atoms. The van der Waals surface area contributed by atoms with Crippen molar-refractivity contribution in [2.75, 3.05) is 5.88 Å². The minimum atomic E-state index is -0.176. The monoisotopic (exact) mass is 162 g/mol. The number of ketones is 1. The summed E-state index contributed by atoms with van der Waals surface area (Å²) in [7, 11) is 0. The van der Waals surface area contributed by atoms with Crippen molar-refractivity contribution in [1.82, 2.24) is 9.59 Å². The Morgan fingerprint density at radius 1 is 1.89 bits per heavy atom. The zero-order valence-corrected chi connectivity index (χ0v) is 5.95. The van der Waals surface area contributed by atoms with Gasteiger partial charge >= 0.3 is 0 Å². The number of hydrogen-bond donors (Lipinski definition) is 0. The molecule has 0 fully saturated rings. The lowest BCUT2D eigenvalue weighted by Gasteiger charge is -1.82. The van der Waals surface area contributed by atoms with Gasteiger partial charge in [-0.2, -0.15) is 0 Å². The molecule has 48 valence electrons. The van der Waals surface area contributed by atoms with Gasteiger partial charge in [0.2, 0.25) is 0 Å². The van der Waals surface area contributed by atoms with Gasteiger partial charge in [-0.1, -0.05) is 4.49 Å². The summed E-state index contributed by atoms with van der Waals surface area (Å²) in [6.07, 6.45) is 0. The van der Waals surface area contributed by atoms with E-state index in [4.69, 9.17) is 11.6 Å². The van der Waals surface area contributed by atoms with Crippen molar-refractivity contribution in [3.05, 3.63) is 11.1 Å². The summed E-state index contributed by atoms with van der Waals surface area (Å²) in [5.41, 5.74) is 0.356. The van der Waals surface area contributed by atoms with Crippen LogP contribution in [0.5, 0.6) is 0 Å². The van der Waals surface area contributed by atoms with E-state index in [1.165, 1.54) is 0 Å². The van der Waals surface area contributed by atoms with Gasteiger partial charge in [0.05, 0.1) is 5.88 Å². The lowest BCUT2D eigenvalue weighted by Crippen LogP contribution is -1.99. The average Bonchev–Trinajstić information content (AvgIpc) is 2.37. The van der Waals surface area contributed by atoms with Crippen LogP contribution in [0.1, 0.15) is 10.5 Å². The number of alkyl halides is 1. The van der Waals surface area contributed by atoms with E-state index in [9.17, 15) is 4.79 Å². The summed E-state index contributed by atoms with van der Waals surface area (Å²) in [6.45, 7) is 0. The molecular formula is C4H3ClN2OS. The van der Waals surface area contributed by atoms with Crippen LogP contribution in [0.4, 0.5) is 0 Å². The Morgan fingerprint density at radius 3 is 3.11 bits per heavy atom. The molecular weight excluding hydrogens is 160 g/mol. The molecule has 0 aliphatic heterocycles. The Balaban J connectivity index is 2.77. The van der Waals surface area contributed by atoms with E-state index in [1.54, 1.807) is 5.38 Å². The van der Waals surface area contributed by atoms with Gasteiger partial charge in [0, 0.05) is 5.38 Å². The Hall–Kier alpha value is -0.480. The van der Waals surface area contributed by atoms with Gasteiger partial charge in [-0.05, 0) is 11.5 Å². The predicted molar refractivity (Wildman–Crippen MR) is 35.0 cm³/mol. The summed E-state index contributed by atoms with van der Waals surface area (Å²) in [6, 6.07) is 0. The van der Waals surface area contributed by atoms with Crippen LogP contribution in [0.2, 0.25) is 0 Å². The first-order valence-electron chi connectivity index (χ1n) is 2.21. The molecule has 0 bridgehead atoms. The van der Waals surface area contributed by atoms with Crippen molar-refractivity contribution >= 4 is 28.9 Å². The highest BCUT2D eigenvalue weighted by molar-refractivity contribution is 7.03. The first-order valence-corrected chi connectivity index (χ1v) is 3.58. The molecule has 5 heteroatoms. The Kier molecular flexibility index (Phi) is 2.13. The van der Waals surface area contributed by atoms with Crippen LogP contribution >= 0.6 is 23.1 Å². The van der Waals surface area contributed by atoms with Crippen LogP contribution in [0.25, 0.3) is 0 Å². The topological polar surface area (TPSA) is 42.9 Å². The normalized spacial score (nSPS) is 9.44. The lowest BCUT2D eigenvalue weighted by molar-refractivity contribution is 0.101. The van der Waals surface area contributed by atoms with E-state index >= 15 is 0 Å². The minimum absolute atomic E-state index is 0.0224. The number of aromatic nitrogens is 2. The zero-order valence-electron chi connectivity index (χ0n) is 4.37. The molecule has 0 spiro atoms. The second-order valence-corrected chi connectivity index (χ2v) is 2.22. The molecule has 1 aromatic heterocycles. The minimum Gasteiger partial charge on any atom is -0.291 e. The van der Waals surface area contributed by atoms with Gasteiger partial charge in [-0.3, -0.25) is 4.79 Å². The Morgan fingerprint density at radius 2 is 2.67 bits per heavy atom. The maximum absolute atomic E-state index is 10.6. The van der Waals surface area contributed by atoms with E-state index in [0.29, 0.717) is 5.69 Å². The first-order chi connectivity index (χ1) is 4.34. The number of nitrogens with zero attached hydrogens (tertiary/aromatic N) is 2. The molecule has 0 saturated heterocycles. The van der Waals surface area contributed by atoms with Crippen molar-refractivity contribution in [3.8, 4) is 0 Å². The smallest absolute Gasteiger partial charge is 0.198 e. The second kappa shape index (κ2) is 2.89. The van der Waals surface area contributed by atoms with Gasteiger partial charge < -0.3 is 0 Å². The molecule has 0 aliphatic rings. The van der Waals surface area contributed by atoms with E-state index in [-0.39, 0.29) is 11.7 Å². The molecule has 0 unspecified atom stereocenters. The number of rotatable bonds is 2. The average molecular weight is 163 g/mol. The standard InChI is InChI=1S/C4H3ClN2OS/c5-1-4(8)3-2-9-7-6-3/h2H,1H2. The number of Topliss-reactive ketones (excluding diaryl/α,β-unsaturated/α-hetero) is 1. The van der Waals surface area contributed by atoms with Crippen molar-refractivity contribution < 1.29 is 4.79 Å². The van der Waals surface area contributed by atoms with Crippen LogP contribution in [0.15, 0.2) is 5.38 Å². The molecule has 3 nitrogen and oxygen atoms in total. The number of carbonyl (C=O) groups excluding carboxylic acids is 1. The molecule has 0 saturated carbocycles. The number of hydrogen-bond acceptors (Lipinski definition) is 4. The van der Waals surface area contributed by atoms with E-state index < -0.39 is 0 Å². The van der Waals surface area contributed by atoms with E-state index in [2.05, 4.69) is 9.59 Å². The molecule has 1 heterocycles. The fraction of sp³-hybridized carbons (Fsp3) is 0.250.